The quantitative estimate of drug-likeness (QED) is 0.254. The summed E-state index contributed by atoms with van der Waals surface area (Å²) in [5, 5.41) is 15.8. The number of benzene rings is 1. The van der Waals surface area contributed by atoms with E-state index in [2.05, 4.69) is 15.6 Å². The number of hydrogen-bond donors (Lipinski definition) is 6. The molecule has 0 spiro atoms. The highest BCUT2D eigenvalue weighted by Gasteiger charge is 2.28. The zero-order valence-corrected chi connectivity index (χ0v) is 18.8. The molecule has 3 unspecified atom stereocenters. The molecule has 0 saturated heterocycles. The lowest BCUT2D eigenvalue weighted by molar-refractivity contribution is -0.142. The van der Waals surface area contributed by atoms with Crippen LogP contribution in [0.15, 0.2) is 30.5 Å². The second-order valence-corrected chi connectivity index (χ2v) is 8.54. The lowest BCUT2D eigenvalue weighted by Crippen LogP contribution is -2.55. The van der Waals surface area contributed by atoms with Crippen LogP contribution in [-0.4, -0.2) is 52.5 Å². The van der Waals surface area contributed by atoms with Crippen LogP contribution in [0.1, 0.15) is 45.1 Å². The van der Waals surface area contributed by atoms with Crippen molar-refractivity contribution in [1.29, 1.82) is 0 Å². The summed E-state index contributed by atoms with van der Waals surface area (Å²) < 4.78 is 0. The highest BCUT2D eigenvalue weighted by Crippen LogP contribution is 2.19. The van der Waals surface area contributed by atoms with Crippen LogP contribution in [-0.2, 0) is 20.8 Å². The van der Waals surface area contributed by atoms with Gasteiger partial charge in [-0.3, -0.25) is 9.59 Å². The molecule has 1 aromatic heterocycles. The van der Waals surface area contributed by atoms with Crippen LogP contribution in [0, 0.1) is 5.92 Å². The molecule has 1 aromatic carbocycles. The zero-order valence-electron chi connectivity index (χ0n) is 18.8. The van der Waals surface area contributed by atoms with Gasteiger partial charge in [0.1, 0.15) is 12.1 Å². The highest BCUT2D eigenvalue weighted by atomic mass is 16.4. The standard InChI is InChI=1S/C23H35N5O4/c1-14(2)11-17(25)21(29)28-20(12-15-13-26-18-8-4-3-7-16(15)18)22(30)27-19(23(31)32)9-5-6-10-24/h3-4,7-8,13-14,17,19-20,26H,5-6,9-12,24-25H2,1-2H3,(H,27,30)(H,28,29)(H,31,32). The van der Waals surface area contributed by atoms with Gasteiger partial charge in [-0.05, 0) is 49.8 Å². The molecule has 0 aliphatic carbocycles. The van der Waals surface area contributed by atoms with E-state index < -0.39 is 35.9 Å². The van der Waals surface area contributed by atoms with Crippen molar-refractivity contribution >= 4 is 28.7 Å². The van der Waals surface area contributed by atoms with Crippen molar-refractivity contribution in [2.45, 2.75) is 64.1 Å². The Hall–Kier alpha value is -2.91. The van der Waals surface area contributed by atoms with Crippen LogP contribution in [0.25, 0.3) is 10.9 Å². The number of aromatic amines is 1. The fourth-order valence-corrected chi connectivity index (χ4v) is 3.65. The van der Waals surface area contributed by atoms with E-state index in [1.807, 2.05) is 38.1 Å². The first-order chi connectivity index (χ1) is 15.2. The van der Waals surface area contributed by atoms with Crippen molar-refractivity contribution in [3.05, 3.63) is 36.0 Å². The number of unbranched alkanes of at least 4 members (excludes halogenated alkanes) is 1. The lowest BCUT2D eigenvalue weighted by Gasteiger charge is -2.23. The minimum absolute atomic E-state index is 0.200. The molecule has 2 rings (SSSR count). The second-order valence-electron chi connectivity index (χ2n) is 8.54. The zero-order chi connectivity index (χ0) is 23.7. The molecule has 0 saturated carbocycles. The summed E-state index contributed by atoms with van der Waals surface area (Å²) in [7, 11) is 0. The van der Waals surface area contributed by atoms with Gasteiger partial charge < -0.3 is 32.2 Å². The van der Waals surface area contributed by atoms with E-state index in [1.54, 1.807) is 6.20 Å². The van der Waals surface area contributed by atoms with Gasteiger partial charge in [0.15, 0.2) is 0 Å². The van der Waals surface area contributed by atoms with E-state index in [0.717, 1.165) is 16.5 Å². The van der Waals surface area contributed by atoms with Crippen LogP contribution < -0.4 is 22.1 Å². The van der Waals surface area contributed by atoms with Gasteiger partial charge >= 0.3 is 5.97 Å². The molecule has 8 N–H and O–H groups in total. The Kier molecular flexibility index (Phi) is 9.67. The van der Waals surface area contributed by atoms with Crippen molar-refractivity contribution in [1.82, 2.24) is 15.6 Å². The molecule has 0 fully saturated rings. The van der Waals surface area contributed by atoms with Gasteiger partial charge in [0, 0.05) is 23.5 Å². The summed E-state index contributed by atoms with van der Waals surface area (Å²) in [6.07, 6.45) is 3.97. The van der Waals surface area contributed by atoms with Gasteiger partial charge in [-0.1, -0.05) is 32.0 Å². The molecule has 1 heterocycles. The van der Waals surface area contributed by atoms with E-state index in [4.69, 9.17) is 11.5 Å². The van der Waals surface area contributed by atoms with Gasteiger partial charge in [-0.15, -0.1) is 0 Å². The van der Waals surface area contributed by atoms with Gasteiger partial charge in [-0.2, -0.15) is 0 Å². The number of para-hydroxylation sites is 1. The van der Waals surface area contributed by atoms with Crippen LogP contribution >= 0.6 is 0 Å². The fourth-order valence-electron chi connectivity index (χ4n) is 3.65. The van der Waals surface area contributed by atoms with Crippen LogP contribution in [0.4, 0.5) is 0 Å². The molecule has 32 heavy (non-hydrogen) atoms. The third-order valence-corrected chi connectivity index (χ3v) is 5.36. The van der Waals surface area contributed by atoms with Crippen LogP contribution in [0.5, 0.6) is 0 Å². The number of aromatic nitrogens is 1. The molecule has 176 valence electrons. The molecule has 2 aromatic rings. The number of fused-ring (bicyclic) bond motifs is 1. The Morgan fingerprint density at radius 2 is 1.75 bits per heavy atom. The molecule has 0 radical (unpaired) electrons. The number of carboxylic acids is 1. The number of nitrogens with one attached hydrogen (secondary N) is 3. The average molecular weight is 446 g/mol. The number of amides is 2. The Morgan fingerprint density at radius 1 is 1.06 bits per heavy atom. The number of carbonyl (C=O) groups is 3. The minimum atomic E-state index is -1.12. The Labute approximate surface area is 188 Å². The molecule has 9 nitrogen and oxygen atoms in total. The van der Waals surface area contributed by atoms with Gasteiger partial charge in [-0.25, -0.2) is 4.79 Å². The van der Waals surface area contributed by atoms with Crippen LogP contribution in [0.3, 0.4) is 0 Å². The number of rotatable bonds is 13. The monoisotopic (exact) mass is 445 g/mol. The summed E-state index contributed by atoms with van der Waals surface area (Å²) in [5.74, 6) is -1.89. The average Bonchev–Trinajstić information content (AvgIpc) is 3.14. The van der Waals surface area contributed by atoms with Crippen molar-refractivity contribution in [3.63, 3.8) is 0 Å². The van der Waals surface area contributed by atoms with Crippen molar-refractivity contribution in [3.8, 4) is 0 Å². The third-order valence-electron chi connectivity index (χ3n) is 5.36. The molecule has 2 amide bonds. The van der Waals surface area contributed by atoms with Gasteiger partial charge in [0.2, 0.25) is 11.8 Å². The van der Waals surface area contributed by atoms with Crippen molar-refractivity contribution in [2.24, 2.45) is 17.4 Å². The largest absolute Gasteiger partial charge is 0.480 e. The summed E-state index contributed by atoms with van der Waals surface area (Å²) in [5.41, 5.74) is 13.2. The molecule has 9 heteroatoms. The molecule has 0 bridgehead atoms. The Bertz CT molecular complexity index is 911. The number of nitrogens with two attached hydrogens (primary N) is 2. The fraction of sp³-hybridized carbons (Fsp3) is 0.522. The topological polar surface area (TPSA) is 163 Å². The summed E-state index contributed by atoms with van der Waals surface area (Å²) >= 11 is 0. The Balaban J connectivity index is 2.20. The second kappa shape index (κ2) is 12.2. The molecule has 0 aliphatic heterocycles. The van der Waals surface area contributed by atoms with E-state index >= 15 is 0 Å². The number of carbonyl (C=O) groups excluding carboxylic acids is 2. The summed E-state index contributed by atoms with van der Waals surface area (Å²) in [6.45, 7) is 4.37. The number of carboxylic acid groups (broad SMARTS) is 1. The first-order valence-corrected chi connectivity index (χ1v) is 11.1. The molecular weight excluding hydrogens is 410 g/mol. The maximum absolute atomic E-state index is 13.1. The lowest BCUT2D eigenvalue weighted by atomic mass is 10.0. The van der Waals surface area contributed by atoms with Gasteiger partial charge in [0.05, 0.1) is 6.04 Å². The normalized spacial score (nSPS) is 14.2. The number of hydrogen-bond acceptors (Lipinski definition) is 5. The van der Waals surface area contributed by atoms with Crippen molar-refractivity contribution in [2.75, 3.05) is 6.54 Å². The maximum Gasteiger partial charge on any atom is 0.326 e. The van der Waals surface area contributed by atoms with Gasteiger partial charge in [0.25, 0.3) is 0 Å². The number of H-pyrrole nitrogens is 1. The smallest absolute Gasteiger partial charge is 0.326 e. The molecular formula is C23H35N5O4. The van der Waals surface area contributed by atoms with Crippen molar-refractivity contribution < 1.29 is 19.5 Å². The first-order valence-electron chi connectivity index (χ1n) is 11.1. The summed E-state index contributed by atoms with van der Waals surface area (Å²) in [4.78, 5) is 40.5. The maximum atomic E-state index is 13.1. The van der Waals surface area contributed by atoms with E-state index in [9.17, 15) is 19.5 Å². The summed E-state index contributed by atoms with van der Waals surface area (Å²) in [6, 6.07) is 4.87. The Morgan fingerprint density at radius 3 is 2.41 bits per heavy atom. The van der Waals surface area contributed by atoms with Crippen LogP contribution in [0.2, 0.25) is 0 Å². The number of aliphatic carboxylic acids is 1. The molecule has 0 aliphatic rings. The minimum Gasteiger partial charge on any atom is -0.480 e. The predicted molar refractivity (Wildman–Crippen MR) is 124 cm³/mol. The predicted octanol–water partition coefficient (Wildman–Crippen LogP) is 1.27. The highest BCUT2D eigenvalue weighted by molar-refractivity contribution is 5.92. The SMILES string of the molecule is CC(C)CC(N)C(=O)NC(Cc1c[nH]c2ccccc12)C(=O)NC(CCCCN)C(=O)O. The van der Waals surface area contributed by atoms with E-state index in [1.165, 1.54) is 0 Å². The molecule has 3 atom stereocenters. The third kappa shape index (κ3) is 7.35. The van der Waals surface area contributed by atoms with E-state index in [0.29, 0.717) is 25.8 Å². The van der Waals surface area contributed by atoms with E-state index in [-0.39, 0.29) is 18.8 Å². The first kappa shape index (κ1) is 25.4.